The van der Waals surface area contributed by atoms with E-state index in [0.29, 0.717) is 17.2 Å². The van der Waals surface area contributed by atoms with Gasteiger partial charge in [-0.1, -0.05) is 11.6 Å². The SMILES string of the molecule is CCOC(=O)c1cc(F)c(Cl)nc1Nc1cc(OC)cc(OC)c1. The van der Waals surface area contributed by atoms with Crippen LogP contribution in [-0.4, -0.2) is 31.8 Å². The number of nitrogens with zero attached hydrogens (tertiary/aromatic N) is 1. The average Bonchev–Trinajstić information content (AvgIpc) is 2.57. The van der Waals surface area contributed by atoms with Crippen LogP contribution in [0.4, 0.5) is 15.9 Å². The molecule has 128 valence electrons. The van der Waals surface area contributed by atoms with Gasteiger partial charge >= 0.3 is 5.97 Å². The van der Waals surface area contributed by atoms with E-state index >= 15 is 0 Å². The number of rotatable bonds is 6. The number of methoxy groups -OCH3 is 2. The van der Waals surface area contributed by atoms with Crippen LogP contribution in [0.3, 0.4) is 0 Å². The average molecular weight is 355 g/mol. The van der Waals surface area contributed by atoms with Crippen LogP contribution in [0.2, 0.25) is 5.15 Å². The highest BCUT2D eigenvalue weighted by Gasteiger charge is 2.18. The Labute approximate surface area is 143 Å². The summed E-state index contributed by atoms with van der Waals surface area (Å²) < 4.78 is 28.9. The summed E-state index contributed by atoms with van der Waals surface area (Å²) in [6.45, 7) is 1.80. The minimum atomic E-state index is -0.812. The number of carbonyl (C=O) groups is 1. The Balaban J connectivity index is 2.45. The first-order valence-electron chi connectivity index (χ1n) is 7.01. The molecule has 0 bridgehead atoms. The van der Waals surface area contributed by atoms with E-state index in [2.05, 4.69) is 10.3 Å². The molecule has 0 aliphatic heterocycles. The van der Waals surface area contributed by atoms with Gasteiger partial charge in [0, 0.05) is 23.9 Å². The standard InChI is InChI=1S/C16H16ClFN2O4/c1-4-24-16(21)12-8-13(18)14(17)20-15(12)19-9-5-10(22-2)7-11(6-9)23-3/h5-8H,4H2,1-3H3,(H,19,20). The predicted molar refractivity (Wildman–Crippen MR) is 88.0 cm³/mol. The molecule has 24 heavy (non-hydrogen) atoms. The summed E-state index contributed by atoms with van der Waals surface area (Å²) in [5.41, 5.74) is 0.451. The van der Waals surface area contributed by atoms with Crippen molar-refractivity contribution in [3.05, 3.63) is 40.8 Å². The normalized spacial score (nSPS) is 10.2. The van der Waals surface area contributed by atoms with Crippen molar-refractivity contribution in [2.45, 2.75) is 6.92 Å². The molecule has 0 atom stereocenters. The van der Waals surface area contributed by atoms with Crippen molar-refractivity contribution >= 4 is 29.1 Å². The van der Waals surface area contributed by atoms with E-state index in [1.165, 1.54) is 14.2 Å². The van der Waals surface area contributed by atoms with Gasteiger partial charge in [0.05, 0.1) is 20.8 Å². The Morgan fingerprint density at radius 1 is 1.21 bits per heavy atom. The number of pyridine rings is 1. The summed E-state index contributed by atoms with van der Waals surface area (Å²) in [6.07, 6.45) is 0. The topological polar surface area (TPSA) is 69.7 Å². The molecule has 8 heteroatoms. The minimum absolute atomic E-state index is 0.0650. The molecule has 1 aromatic carbocycles. The number of hydrogen-bond acceptors (Lipinski definition) is 6. The van der Waals surface area contributed by atoms with Gasteiger partial charge in [-0.15, -0.1) is 0 Å². The Hall–Kier alpha value is -2.54. The molecule has 0 unspecified atom stereocenters. The molecule has 0 aliphatic carbocycles. The van der Waals surface area contributed by atoms with E-state index in [1.54, 1.807) is 25.1 Å². The summed E-state index contributed by atoms with van der Waals surface area (Å²) in [6, 6.07) is 5.99. The van der Waals surface area contributed by atoms with Gasteiger partial charge in [-0.05, 0) is 13.0 Å². The molecular formula is C16H16ClFN2O4. The van der Waals surface area contributed by atoms with Crippen LogP contribution in [0.25, 0.3) is 0 Å². The van der Waals surface area contributed by atoms with E-state index in [4.69, 9.17) is 25.8 Å². The molecular weight excluding hydrogens is 339 g/mol. The van der Waals surface area contributed by atoms with Gasteiger partial charge in [-0.2, -0.15) is 0 Å². The van der Waals surface area contributed by atoms with E-state index in [0.717, 1.165) is 6.07 Å². The smallest absolute Gasteiger partial charge is 0.342 e. The molecule has 0 spiro atoms. The van der Waals surface area contributed by atoms with Crippen LogP contribution in [0.1, 0.15) is 17.3 Å². The number of nitrogens with one attached hydrogen (secondary N) is 1. The molecule has 2 rings (SSSR count). The number of ether oxygens (including phenoxy) is 3. The van der Waals surface area contributed by atoms with Crippen molar-refractivity contribution in [2.24, 2.45) is 0 Å². The lowest BCUT2D eigenvalue weighted by Gasteiger charge is -2.13. The minimum Gasteiger partial charge on any atom is -0.497 e. The van der Waals surface area contributed by atoms with Crippen LogP contribution in [0.15, 0.2) is 24.3 Å². The summed E-state index contributed by atoms with van der Waals surface area (Å²) in [5.74, 6) is -0.396. The Kier molecular flexibility index (Phi) is 5.81. The Morgan fingerprint density at radius 2 is 1.83 bits per heavy atom. The molecule has 2 aromatic rings. The fraction of sp³-hybridized carbons (Fsp3) is 0.250. The number of anilines is 2. The molecule has 0 aliphatic rings. The molecule has 0 saturated carbocycles. The van der Waals surface area contributed by atoms with E-state index in [-0.39, 0.29) is 23.1 Å². The second-order valence-electron chi connectivity index (χ2n) is 4.60. The first kappa shape index (κ1) is 17.8. The van der Waals surface area contributed by atoms with Gasteiger partial charge in [0.2, 0.25) is 0 Å². The van der Waals surface area contributed by atoms with E-state index in [9.17, 15) is 9.18 Å². The zero-order chi connectivity index (χ0) is 17.7. The van der Waals surface area contributed by atoms with Crippen LogP contribution in [0, 0.1) is 5.82 Å². The van der Waals surface area contributed by atoms with E-state index < -0.39 is 11.8 Å². The molecule has 0 saturated heterocycles. The van der Waals surface area contributed by atoms with Crippen LogP contribution < -0.4 is 14.8 Å². The molecule has 6 nitrogen and oxygen atoms in total. The molecule has 0 amide bonds. The van der Waals surface area contributed by atoms with Crippen molar-refractivity contribution in [1.82, 2.24) is 4.98 Å². The van der Waals surface area contributed by atoms with Crippen molar-refractivity contribution in [3.63, 3.8) is 0 Å². The van der Waals surface area contributed by atoms with Gasteiger partial charge in [0.1, 0.15) is 22.9 Å². The van der Waals surface area contributed by atoms with Crippen molar-refractivity contribution < 1.29 is 23.4 Å². The van der Waals surface area contributed by atoms with Gasteiger partial charge < -0.3 is 19.5 Å². The molecule has 1 aromatic heterocycles. The predicted octanol–water partition coefficient (Wildman–Crippen LogP) is 3.81. The summed E-state index contributed by atoms with van der Waals surface area (Å²) in [4.78, 5) is 15.9. The third-order valence-electron chi connectivity index (χ3n) is 3.04. The highest BCUT2D eigenvalue weighted by Crippen LogP contribution is 2.30. The van der Waals surface area contributed by atoms with Crippen LogP contribution >= 0.6 is 11.6 Å². The summed E-state index contributed by atoms with van der Waals surface area (Å²) in [5, 5.41) is 2.55. The zero-order valence-corrected chi connectivity index (χ0v) is 14.1. The largest absolute Gasteiger partial charge is 0.497 e. The Morgan fingerprint density at radius 3 is 2.38 bits per heavy atom. The van der Waals surface area contributed by atoms with Gasteiger partial charge in [-0.25, -0.2) is 14.2 Å². The van der Waals surface area contributed by atoms with Crippen LogP contribution in [-0.2, 0) is 4.74 Å². The summed E-state index contributed by atoms with van der Waals surface area (Å²) in [7, 11) is 3.02. The van der Waals surface area contributed by atoms with Gasteiger partial charge in [-0.3, -0.25) is 0 Å². The van der Waals surface area contributed by atoms with Crippen molar-refractivity contribution in [1.29, 1.82) is 0 Å². The third-order valence-corrected chi connectivity index (χ3v) is 3.31. The lowest BCUT2D eigenvalue weighted by molar-refractivity contribution is 0.0526. The fourth-order valence-corrected chi connectivity index (χ4v) is 2.08. The Bertz CT molecular complexity index is 733. The van der Waals surface area contributed by atoms with Crippen molar-refractivity contribution in [3.8, 4) is 11.5 Å². The summed E-state index contributed by atoms with van der Waals surface area (Å²) >= 11 is 5.72. The second-order valence-corrected chi connectivity index (χ2v) is 4.96. The van der Waals surface area contributed by atoms with Crippen LogP contribution in [0.5, 0.6) is 11.5 Å². The van der Waals surface area contributed by atoms with E-state index in [1.807, 2.05) is 0 Å². The molecule has 1 N–H and O–H groups in total. The zero-order valence-electron chi connectivity index (χ0n) is 13.4. The number of aromatic nitrogens is 1. The number of benzene rings is 1. The third kappa shape index (κ3) is 4.05. The highest BCUT2D eigenvalue weighted by atomic mass is 35.5. The lowest BCUT2D eigenvalue weighted by Crippen LogP contribution is -2.10. The number of hydrogen-bond donors (Lipinski definition) is 1. The maximum absolute atomic E-state index is 13.7. The first-order chi connectivity index (χ1) is 11.5. The quantitative estimate of drug-likeness (QED) is 0.628. The second kappa shape index (κ2) is 7.83. The molecule has 0 fully saturated rings. The number of halogens is 2. The fourth-order valence-electron chi connectivity index (χ4n) is 1.94. The lowest BCUT2D eigenvalue weighted by atomic mass is 10.2. The number of esters is 1. The maximum Gasteiger partial charge on any atom is 0.342 e. The molecule has 1 heterocycles. The molecule has 0 radical (unpaired) electrons. The first-order valence-corrected chi connectivity index (χ1v) is 7.39. The van der Waals surface area contributed by atoms with Gasteiger partial charge in [0.15, 0.2) is 11.0 Å². The van der Waals surface area contributed by atoms with Gasteiger partial charge in [0.25, 0.3) is 0 Å². The maximum atomic E-state index is 13.7. The monoisotopic (exact) mass is 354 g/mol. The van der Waals surface area contributed by atoms with Crippen molar-refractivity contribution in [2.75, 3.05) is 26.1 Å². The highest BCUT2D eigenvalue weighted by molar-refractivity contribution is 6.29. The number of carbonyl (C=O) groups excluding carboxylic acids is 1.